The molecule has 0 bridgehead atoms. The topological polar surface area (TPSA) is 98.8 Å². The van der Waals surface area contributed by atoms with E-state index in [-0.39, 0.29) is 11.7 Å². The lowest BCUT2D eigenvalue weighted by atomic mass is 9.88. The van der Waals surface area contributed by atoms with Crippen molar-refractivity contribution in [2.24, 2.45) is 0 Å². The molecule has 0 saturated heterocycles. The van der Waals surface area contributed by atoms with Crippen LogP contribution >= 0.6 is 11.6 Å². The van der Waals surface area contributed by atoms with Crippen molar-refractivity contribution in [2.45, 2.75) is 58.0 Å². The number of hydrogen-bond acceptors (Lipinski definition) is 6. The van der Waals surface area contributed by atoms with Crippen LogP contribution in [0.5, 0.6) is 11.5 Å². The second kappa shape index (κ2) is 9.64. The minimum absolute atomic E-state index is 0.280. The van der Waals surface area contributed by atoms with E-state index in [0.29, 0.717) is 29.2 Å². The first-order valence-corrected chi connectivity index (χ1v) is 13.9. The van der Waals surface area contributed by atoms with Crippen LogP contribution < -0.4 is 14.2 Å². The molecule has 2 unspecified atom stereocenters. The third-order valence-corrected chi connectivity index (χ3v) is 9.15. The van der Waals surface area contributed by atoms with Crippen LogP contribution in [0.2, 0.25) is 0 Å². The molecule has 0 aromatic heterocycles. The zero-order valence-corrected chi connectivity index (χ0v) is 21.7. The molecule has 1 heterocycles. The number of alkyl halides is 1. The van der Waals surface area contributed by atoms with Gasteiger partial charge in [0.05, 0.1) is 16.6 Å². The van der Waals surface area contributed by atoms with E-state index in [1.807, 2.05) is 27.7 Å². The number of anilines is 1. The van der Waals surface area contributed by atoms with Gasteiger partial charge in [-0.1, -0.05) is 0 Å². The summed E-state index contributed by atoms with van der Waals surface area (Å²) in [6, 6.07) is 6.38. The molecular formula is C23H28ClNO6S2. The summed E-state index contributed by atoms with van der Waals surface area (Å²) in [7, 11) is -4.95. The molecule has 1 N–H and O–H groups in total. The van der Waals surface area contributed by atoms with Crippen LogP contribution in [0.25, 0.3) is 0 Å². The SMILES string of the molecule is CC(=O)Oc1c(C)c(C)c2c(c1C)CCC(C)(CS(=O)c1ccc(NS(=O)(=O)CCl)cc1)O2. The minimum Gasteiger partial charge on any atom is -0.486 e. The van der Waals surface area contributed by atoms with Gasteiger partial charge < -0.3 is 9.47 Å². The Morgan fingerprint density at radius 3 is 2.39 bits per heavy atom. The van der Waals surface area contributed by atoms with Crippen LogP contribution in [0.15, 0.2) is 29.2 Å². The number of rotatable bonds is 7. The number of esters is 1. The smallest absolute Gasteiger partial charge is 0.308 e. The fourth-order valence-electron chi connectivity index (χ4n) is 3.92. The van der Waals surface area contributed by atoms with Crippen molar-refractivity contribution in [1.29, 1.82) is 0 Å². The maximum atomic E-state index is 13.1. The van der Waals surface area contributed by atoms with Crippen molar-refractivity contribution in [1.82, 2.24) is 0 Å². The van der Waals surface area contributed by atoms with Gasteiger partial charge >= 0.3 is 5.97 Å². The summed E-state index contributed by atoms with van der Waals surface area (Å²) >= 11 is 5.41. The zero-order valence-electron chi connectivity index (χ0n) is 19.3. The molecule has 0 saturated carbocycles. The second-order valence-electron chi connectivity index (χ2n) is 8.50. The molecule has 7 nitrogen and oxygen atoms in total. The van der Waals surface area contributed by atoms with E-state index in [4.69, 9.17) is 21.1 Å². The Balaban J connectivity index is 1.80. The highest BCUT2D eigenvalue weighted by atomic mass is 35.5. The van der Waals surface area contributed by atoms with Crippen molar-refractivity contribution in [2.75, 3.05) is 15.7 Å². The monoisotopic (exact) mass is 513 g/mol. The molecule has 1 aliphatic rings. The van der Waals surface area contributed by atoms with Crippen molar-refractivity contribution in [3.63, 3.8) is 0 Å². The van der Waals surface area contributed by atoms with E-state index in [9.17, 15) is 17.4 Å². The number of halogens is 1. The molecule has 33 heavy (non-hydrogen) atoms. The van der Waals surface area contributed by atoms with E-state index in [2.05, 4.69) is 4.72 Å². The number of nitrogens with one attached hydrogen (secondary N) is 1. The average Bonchev–Trinajstić information content (AvgIpc) is 2.75. The molecule has 10 heteroatoms. The highest BCUT2D eigenvalue weighted by molar-refractivity contribution is 7.93. The normalized spacial score (nSPS) is 18.7. The van der Waals surface area contributed by atoms with Gasteiger partial charge in [-0.3, -0.25) is 13.7 Å². The lowest BCUT2D eigenvalue weighted by Gasteiger charge is -2.38. The second-order valence-corrected chi connectivity index (χ2v) is 12.3. The van der Waals surface area contributed by atoms with Gasteiger partial charge in [0.15, 0.2) is 0 Å². The molecule has 180 valence electrons. The lowest BCUT2D eigenvalue weighted by Crippen LogP contribution is -2.42. The number of benzene rings is 2. The van der Waals surface area contributed by atoms with Gasteiger partial charge in [0.2, 0.25) is 10.0 Å². The average molecular weight is 514 g/mol. The fourth-order valence-corrected chi connectivity index (χ4v) is 6.00. The standard InChI is InChI=1S/C23H28ClNO6S2/c1-14-15(2)22-20(16(3)21(14)30-17(4)26)10-11-23(5,31-22)12-32(27)19-8-6-18(7-9-19)25-33(28,29)13-24/h6-9,25H,10-13H2,1-5H3. The van der Waals surface area contributed by atoms with Gasteiger partial charge in [-0.25, -0.2) is 8.42 Å². The summed E-state index contributed by atoms with van der Waals surface area (Å²) in [4.78, 5) is 12.1. The zero-order chi connectivity index (χ0) is 24.6. The van der Waals surface area contributed by atoms with E-state index < -0.39 is 31.6 Å². The Bertz CT molecular complexity index is 1210. The maximum Gasteiger partial charge on any atom is 0.308 e. The maximum absolute atomic E-state index is 13.1. The van der Waals surface area contributed by atoms with E-state index in [0.717, 1.165) is 28.0 Å². The van der Waals surface area contributed by atoms with Crippen LogP contribution in [0.4, 0.5) is 5.69 Å². The third kappa shape index (κ3) is 5.70. The van der Waals surface area contributed by atoms with Crippen molar-refractivity contribution >= 4 is 44.1 Å². The molecule has 2 aromatic rings. The summed E-state index contributed by atoms with van der Waals surface area (Å²) in [6.07, 6.45) is 1.37. The van der Waals surface area contributed by atoms with Crippen LogP contribution in [0.3, 0.4) is 0 Å². The molecular weight excluding hydrogens is 486 g/mol. The Morgan fingerprint density at radius 1 is 1.18 bits per heavy atom. The summed E-state index contributed by atoms with van der Waals surface area (Å²) < 4.78 is 50.5. The molecule has 3 rings (SSSR count). The number of carbonyl (C=O) groups is 1. The van der Waals surface area contributed by atoms with Gasteiger partial charge in [0.25, 0.3) is 0 Å². The molecule has 0 spiro atoms. The quantitative estimate of drug-likeness (QED) is 0.335. The Hall–Kier alpha value is -2.10. The van der Waals surface area contributed by atoms with E-state index in [1.54, 1.807) is 24.3 Å². The highest BCUT2D eigenvalue weighted by Gasteiger charge is 2.36. The van der Waals surface area contributed by atoms with Gasteiger partial charge in [-0.2, -0.15) is 0 Å². The van der Waals surface area contributed by atoms with Crippen LogP contribution in [-0.4, -0.2) is 35.2 Å². The lowest BCUT2D eigenvalue weighted by molar-refractivity contribution is -0.132. The molecule has 2 atom stereocenters. The molecule has 0 fully saturated rings. The van der Waals surface area contributed by atoms with Gasteiger partial charge in [0, 0.05) is 23.1 Å². The first-order valence-electron chi connectivity index (χ1n) is 10.4. The Kier molecular flexibility index (Phi) is 7.45. The molecule has 1 aliphatic heterocycles. The number of hydrogen-bond donors (Lipinski definition) is 1. The molecule has 0 radical (unpaired) electrons. The summed E-state index contributed by atoms with van der Waals surface area (Å²) in [6.45, 7) is 9.09. The first-order chi connectivity index (χ1) is 15.4. The van der Waals surface area contributed by atoms with Crippen molar-refractivity contribution in [3.8, 4) is 11.5 Å². The number of ether oxygens (including phenoxy) is 2. The highest BCUT2D eigenvalue weighted by Crippen LogP contribution is 2.44. The third-order valence-electron chi connectivity index (χ3n) is 5.78. The van der Waals surface area contributed by atoms with Crippen LogP contribution in [0.1, 0.15) is 42.5 Å². The van der Waals surface area contributed by atoms with Crippen LogP contribution in [-0.2, 0) is 32.0 Å². The predicted octanol–water partition coefficient (Wildman–Crippen LogP) is 4.37. The Labute approximate surface area is 202 Å². The van der Waals surface area contributed by atoms with Gasteiger partial charge in [0.1, 0.15) is 22.3 Å². The van der Waals surface area contributed by atoms with E-state index >= 15 is 0 Å². The molecule has 2 aromatic carbocycles. The van der Waals surface area contributed by atoms with E-state index in [1.165, 1.54) is 6.92 Å². The Morgan fingerprint density at radius 2 is 1.82 bits per heavy atom. The van der Waals surface area contributed by atoms with Gasteiger partial charge in [-0.05, 0) is 81.5 Å². The summed E-state index contributed by atoms with van der Waals surface area (Å²) in [5.41, 5.74) is 3.36. The molecule has 0 amide bonds. The first kappa shape index (κ1) is 25.5. The number of sulfonamides is 1. The number of fused-ring (bicyclic) bond motifs is 1. The largest absolute Gasteiger partial charge is 0.486 e. The van der Waals surface area contributed by atoms with Crippen molar-refractivity contribution < 1.29 is 26.9 Å². The minimum atomic E-state index is -3.60. The number of carbonyl (C=O) groups excluding carboxylic acids is 1. The summed E-state index contributed by atoms with van der Waals surface area (Å²) in [5.74, 6) is 1.26. The predicted molar refractivity (Wildman–Crippen MR) is 130 cm³/mol. The summed E-state index contributed by atoms with van der Waals surface area (Å²) in [5, 5.41) is -0.543. The van der Waals surface area contributed by atoms with Gasteiger partial charge in [-0.15, -0.1) is 11.6 Å². The van der Waals surface area contributed by atoms with Crippen LogP contribution in [0, 0.1) is 20.8 Å². The van der Waals surface area contributed by atoms with Crippen molar-refractivity contribution in [3.05, 3.63) is 46.5 Å². The fraction of sp³-hybridized carbons (Fsp3) is 0.435. The molecule has 0 aliphatic carbocycles.